The van der Waals surface area contributed by atoms with Crippen LogP contribution in [0.5, 0.6) is 11.5 Å². The Morgan fingerprint density at radius 3 is 2.27 bits per heavy atom. The number of nitrogens with two attached hydrogens (primary N) is 1. The summed E-state index contributed by atoms with van der Waals surface area (Å²) in [6, 6.07) is 27.3. The molecule has 3 unspecified atom stereocenters. The van der Waals surface area contributed by atoms with E-state index in [1.807, 2.05) is 97.2 Å². The van der Waals surface area contributed by atoms with Crippen LogP contribution in [0.3, 0.4) is 0 Å². The predicted octanol–water partition coefficient (Wildman–Crippen LogP) is 1.75. The zero-order chi connectivity index (χ0) is 25.5. The molecule has 4 rings (SSSR count). The third-order valence-electron chi connectivity index (χ3n) is 6.69. The lowest BCUT2D eigenvalue weighted by atomic mass is 9.87. The number of hydrogen-bond donors (Lipinski definition) is 3. The highest BCUT2D eigenvalue weighted by molar-refractivity contribution is 7.10. The molecule has 7 heteroatoms. The van der Waals surface area contributed by atoms with Crippen LogP contribution in [0.4, 0.5) is 0 Å². The van der Waals surface area contributed by atoms with Crippen LogP contribution in [-0.2, 0) is 5.60 Å². The van der Waals surface area contributed by atoms with Crippen LogP contribution in [0.25, 0.3) is 11.1 Å². The SMILES string of the molecule is COc1ccc(-c2ccc(C(O)(CC[NH2+]C(C)C(O)c3ccccc3)c3cccs3)cc2OC)cc1.[Cl-]. The molecule has 0 saturated carbocycles. The average molecular weight is 540 g/mol. The molecule has 4 aromatic rings. The average Bonchev–Trinajstić information content (AvgIpc) is 3.48. The fourth-order valence-corrected chi connectivity index (χ4v) is 5.39. The second-order valence-electron chi connectivity index (χ2n) is 8.97. The Kier molecular flexibility index (Phi) is 10.1. The number of ether oxygens (including phenoxy) is 2. The highest BCUT2D eigenvalue weighted by Crippen LogP contribution is 2.40. The van der Waals surface area contributed by atoms with Crippen molar-refractivity contribution in [2.45, 2.75) is 31.1 Å². The number of aliphatic hydroxyl groups excluding tert-OH is 1. The summed E-state index contributed by atoms with van der Waals surface area (Å²) in [7, 11) is 3.30. The zero-order valence-corrected chi connectivity index (χ0v) is 22.9. The van der Waals surface area contributed by atoms with Gasteiger partial charge in [0.1, 0.15) is 29.2 Å². The number of rotatable bonds is 11. The van der Waals surface area contributed by atoms with Crippen LogP contribution < -0.4 is 27.2 Å². The second-order valence-corrected chi connectivity index (χ2v) is 9.92. The molecule has 0 aliphatic carbocycles. The van der Waals surface area contributed by atoms with Gasteiger partial charge in [0.2, 0.25) is 0 Å². The fourth-order valence-electron chi connectivity index (χ4n) is 4.52. The van der Waals surface area contributed by atoms with Crippen molar-refractivity contribution in [3.8, 4) is 22.6 Å². The van der Waals surface area contributed by atoms with Crippen molar-refractivity contribution < 1.29 is 37.4 Å². The maximum Gasteiger partial charge on any atom is 0.130 e. The molecule has 3 atom stereocenters. The minimum Gasteiger partial charge on any atom is -1.00 e. The topological polar surface area (TPSA) is 75.5 Å². The molecule has 196 valence electrons. The van der Waals surface area contributed by atoms with Crippen molar-refractivity contribution in [1.82, 2.24) is 0 Å². The van der Waals surface area contributed by atoms with Crippen molar-refractivity contribution >= 4 is 11.3 Å². The lowest BCUT2D eigenvalue weighted by molar-refractivity contribution is -0.696. The molecule has 1 heterocycles. The van der Waals surface area contributed by atoms with Gasteiger partial charge < -0.3 is 37.4 Å². The lowest BCUT2D eigenvalue weighted by Gasteiger charge is -2.29. The summed E-state index contributed by atoms with van der Waals surface area (Å²) >= 11 is 1.54. The van der Waals surface area contributed by atoms with Crippen LogP contribution in [0.1, 0.15) is 35.5 Å². The van der Waals surface area contributed by atoms with E-state index in [1.165, 1.54) is 11.3 Å². The van der Waals surface area contributed by atoms with Crippen LogP contribution >= 0.6 is 11.3 Å². The summed E-state index contributed by atoms with van der Waals surface area (Å²) in [5, 5.41) is 26.8. The summed E-state index contributed by atoms with van der Waals surface area (Å²) in [4.78, 5) is 0.881. The highest BCUT2D eigenvalue weighted by Gasteiger charge is 2.34. The molecule has 0 aliphatic rings. The molecule has 0 amide bonds. The van der Waals surface area contributed by atoms with Gasteiger partial charge in [-0.25, -0.2) is 0 Å². The molecule has 0 radical (unpaired) electrons. The zero-order valence-electron chi connectivity index (χ0n) is 21.3. The third kappa shape index (κ3) is 6.53. The molecule has 0 fully saturated rings. The lowest BCUT2D eigenvalue weighted by Crippen LogP contribution is -3.00. The van der Waals surface area contributed by atoms with E-state index >= 15 is 0 Å². The summed E-state index contributed by atoms with van der Waals surface area (Å²) in [5.41, 5.74) is 2.46. The van der Waals surface area contributed by atoms with Gasteiger partial charge in [0.15, 0.2) is 0 Å². The van der Waals surface area contributed by atoms with E-state index in [9.17, 15) is 10.2 Å². The van der Waals surface area contributed by atoms with Crippen LogP contribution in [-0.4, -0.2) is 37.0 Å². The monoisotopic (exact) mass is 539 g/mol. The Bertz CT molecular complexity index is 1230. The van der Waals surface area contributed by atoms with Crippen molar-refractivity contribution in [1.29, 1.82) is 0 Å². The van der Waals surface area contributed by atoms with Gasteiger partial charge >= 0.3 is 0 Å². The molecule has 0 spiro atoms. The van der Waals surface area contributed by atoms with E-state index in [0.29, 0.717) is 18.7 Å². The summed E-state index contributed by atoms with van der Waals surface area (Å²) in [6.45, 7) is 2.65. The largest absolute Gasteiger partial charge is 1.00 e. The van der Waals surface area contributed by atoms with Gasteiger partial charge in [-0.2, -0.15) is 0 Å². The van der Waals surface area contributed by atoms with E-state index in [4.69, 9.17) is 9.47 Å². The van der Waals surface area contributed by atoms with Crippen molar-refractivity contribution in [2.75, 3.05) is 20.8 Å². The van der Waals surface area contributed by atoms with Gasteiger partial charge in [-0.15, -0.1) is 11.3 Å². The summed E-state index contributed by atoms with van der Waals surface area (Å²) in [6.07, 6.45) is -0.0883. The van der Waals surface area contributed by atoms with E-state index in [2.05, 4.69) is 5.32 Å². The standard InChI is InChI=1S/C30H33NO4S.ClH/c1-21(29(32)23-8-5-4-6-9-23)31-18-17-30(33,28-10-7-19-36-28)24-13-16-26(27(20-24)35-3)22-11-14-25(34-2)15-12-22;/h4-16,19-21,29,31-33H,17-18H2,1-3H3;1H. The van der Waals surface area contributed by atoms with E-state index in [0.717, 1.165) is 32.9 Å². The van der Waals surface area contributed by atoms with Gasteiger partial charge in [-0.05, 0) is 53.3 Å². The number of benzene rings is 3. The molecule has 0 bridgehead atoms. The van der Waals surface area contributed by atoms with Crippen molar-refractivity contribution in [3.05, 3.63) is 106 Å². The number of methoxy groups -OCH3 is 2. The summed E-state index contributed by atoms with van der Waals surface area (Å²) in [5.74, 6) is 1.49. The van der Waals surface area contributed by atoms with Crippen molar-refractivity contribution in [2.24, 2.45) is 0 Å². The van der Waals surface area contributed by atoms with E-state index in [-0.39, 0.29) is 18.4 Å². The molecule has 3 aromatic carbocycles. The highest BCUT2D eigenvalue weighted by atomic mass is 35.5. The molecular weight excluding hydrogens is 506 g/mol. The van der Waals surface area contributed by atoms with Gasteiger partial charge in [-0.1, -0.05) is 60.7 Å². The Labute approximate surface area is 229 Å². The molecule has 37 heavy (non-hydrogen) atoms. The predicted molar refractivity (Wildman–Crippen MR) is 145 cm³/mol. The minimum atomic E-state index is -1.17. The third-order valence-corrected chi connectivity index (χ3v) is 7.71. The van der Waals surface area contributed by atoms with Gasteiger partial charge in [0.05, 0.1) is 20.8 Å². The number of halogens is 1. The molecular formula is C30H34ClNO4S. The van der Waals surface area contributed by atoms with Gasteiger partial charge in [-0.3, -0.25) is 0 Å². The van der Waals surface area contributed by atoms with Gasteiger partial charge in [0.25, 0.3) is 0 Å². The second kappa shape index (κ2) is 13.1. The normalized spacial score (nSPS) is 14.2. The maximum absolute atomic E-state index is 12.0. The van der Waals surface area contributed by atoms with Crippen LogP contribution in [0, 0.1) is 0 Å². The number of thiophene rings is 1. The van der Waals surface area contributed by atoms with Crippen molar-refractivity contribution in [3.63, 3.8) is 0 Å². The van der Waals surface area contributed by atoms with Gasteiger partial charge in [0, 0.05) is 16.9 Å². The molecule has 1 aromatic heterocycles. The van der Waals surface area contributed by atoms with Crippen LogP contribution in [0.2, 0.25) is 0 Å². The number of hydrogen-bond acceptors (Lipinski definition) is 5. The fraction of sp³-hybridized carbons (Fsp3) is 0.267. The van der Waals surface area contributed by atoms with E-state index in [1.54, 1.807) is 14.2 Å². The number of aliphatic hydroxyl groups is 2. The minimum absolute atomic E-state index is 0. The first-order chi connectivity index (χ1) is 17.5. The Morgan fingerprint density at radius 1 is 0.919 bits per heavy atom. The maximum atomic E-state index is 12.0. The Balaban J connectivity index is 0.00000380. The Hall–Kier alpha value is -2.87. The first kappa shape index (κ1) is 28.7. The Morgan fingerprint density at radius 2 is 1.65 bits per heavy atom. The van der Waals surface area contributed by atoms with Crippen LogP contribution in [0.15, 0.2) is 90.3 Å². The molecule has 0 aliphatic heterocycles. The first-order valence-corrected chi connectivity index (χ1v) is 13.0. The smallest absolute Gasteiger partial charge is 0.130 e. The molecule has 4 N–H and O–H groups in total. The quantitative estimate of drug-likeness (QED) is 0.271. The molecule has 0 saturated heterocycles. The first-order valence-electron chi connectivity index (χ1n) is 12.1. The summed E-state index contributed by atoms with van der Waals surface area (Å²) < 4.78 is 11.0. The van der Waals surface area contributed by atoms with E-state index < -0.39 is 11.7 Å². The molecule has 5 nitrogen and oxygen atoms in total. The number of quaternary nitrogens is 1.